The molecule has 1 amide bonds. The fraction of sp³-hybridized carbons (Fsp3) is 0.684. The maximum Gasteiger partial charge on any atom is 0.326 e. The number of likely N-dealkylation sites (tertiary alicyclic amines) is 1. The van der Waals surface area contributed by atoms with Gasteiger partial charge in [-0.2, -0.15) is 0 Å². The third-order valence-corrected chi connectivity index (χ3v) is 8.43. The molecule has 1 fully saturated rings. The van der Waals surface area contributed by atoms with Gasteiger partial charge in [-0.3, -0.25) is 19.7 Å². The first-order chi connectivity index (χ1) is 22.7. The molecule has 1 aliphatic rings. The minimum atomic E-state index is -0.987. The van der Waals surface area contributed by atoms with Gasteiger partial charge in [-0.15, -0.1) is 0 Å². The number of carboxylic acid groups (broad SMARTS) is 2. The normalized spacial score (nSPS) is 15.6. The Morgan fingerprint density at radius 2 is 1.49 bits per heavy atom. The van der Waals surface area contributed by atoms with Gasteiger partial charge in [-0.25, -0.2) is 4.79 Å². The SMILES string of the molecule is CCCCCCCC/C=C\CCCCCCCC(=O)O.CCOC(=O)[C@H](CCc1ccccc1)N[C@@H](C)C(=O)N1CCC[C@H]1C(=O)O. The van der Waals surface area contributed by atoms with Crippen LogP contribution in [0.2, 0.25) is 0 Å². The summed E-state index contributed by atoms with van der Waals surface area (Å²) < 4.78 is 5.14. The molecule has 0 aromatic heterocycles. The number of nitrogens with one attached hydrogen (secondary N) is 1. The lowest BCUT2D eigenvalue weighted by molar-refractivity contribution is -0.150. The summed E-state index contributed by atoms with van der Waals surface area (Å²) in [4.78, 5) is 48.0. The maximum atomic E-state index is 12.7. The summed E-state index contributed by atoms with van der Waals surface area (Å²) in [6.07, 6.45) is 23.5. The zero-order chi connectivity index (χ0) is 34.7. The van der Waals surface area contributed by atoms with E-state index in [1.807, 2.05) is 30.3 Å². The number of hydrogen-bond donors (Lipinski definition) is 3. The van der Waals surface area contributed by atoms with Crippen molar-refractivity contribution in [2.45, 2.75) is 154 Å². The van der Waals surface area contributed by atoms with Gasteiger partial charge in [0.15, 0.2) is 0 Å². The molecule has 0 saturated carbocycles. The predicted octanol–water partition coefficient (Wildman–Crippen LogP) is 7.71. The van der Waals surface area contributed by atoms with Gasteiger partial charge in [0.2, 0.25) is 5.91 Å². The van der Waals surface area contributed by atoms with E-state index in [9.17, 15) is 24.3 Å². The Bertz CT molecular complexity index is 1030. The van der Waals surface area contributed by atoms with Crippen molar-refractivity contribution in [3.63, 3.8) is 0 Å². The van der Waals surface area contributed by atoms with Crippen molar-refractivity contribution in [1.29, 1.82) is 0 Å². The molecule has 1 aliphatic heterocycles. The molecule has 0 spiro atoms. The predicted molar refractivity (Wildman–Crippen MR) is 187 cm³/mol. The molecule has 0 aliphatic carbocycles. The van der Waals surface area contributed by atoms with Crippen LogP contribution >= 0.6 is 0 Å². The second-order valence-electron chi connectivity index (χ2n) is 12.5. The molecule has 9 heteroatoms. The highest BCUT2D eigenvalue weighted by Gasteiger charge is 2.37. The Morgan fingerprint density at radius 3 is 2.06 bits per heavy atom. The molecular weight excluding hydrogens is 596 g/mol. The number of benzene rings is 1. The van der Waals surface area contributed by atoms with Crippen molar-refractivity contribution in [3.8, 4) is 0 Å². The number of carbonyl (C=O) groups excluding carboxylic acids is 2. The third kappa shape index (κ3) is 19.9. The average Bonchev–Trinajstić information content (AvgIpc) is 3.56. The maximum absolute atomic E-state index is 12.7. The standard InChI is InChI=1S/C20H28N2O5.C18H34O2/c1-3-27-20(26)16(12-11-15-8-5-4-6-9-15)21-14(2)18(23)22-13-7-10-17(22)19(24)25;1-2-3-4-5-6-7-8-9-10-11-12-13-14-15-16-17-18(19)20/h4-6,8-9,14,16-17,21H,3,7,10-13H2,1-2H3,(H,24,25);9-10H,2-8,11-17H2,1H3,(H,19,20)/b;10-9-/t14-,16-,17-;/m0./s1. The second-order valence-corrected chi connectivity index (χ2v) is 12.5. The van der Waals surface area contributed by atoms with Gasteiger partial charge in [0.25, 0.3) is 0 Å². The number of carbonyl (C=O) groups is 4. The van der Waals surface area contributed by atoms with Gasteiger partial charge in [0, 0.05) is 13.0 Å². The van der Waals surface area contributed by atoms with Crippen LogP contribution in [0.4, 0.5) is 0 Å². The number of aryl methyl sites for hydroxylation is 1. The molecule has 266 valence electrons. The number of ether oxygens (including phenoxy) is 1. The van der Waals surface area contributed by atoms with Crippen LogP contribution in [0.25, 0.3) is 0 Å². The van der Waals surface area contributed by atoms with Crippen LogP contribution in [0.5, 0.6) is 0 Å². The molecule has 9 nitrogen and oxygen atoms in total. The third-order valence-electron chi connectivity index (χ3n) is 8.43. The lowest BCUT2D eigenvalue weighted by Crippen LogP contribution is -2.53. The number of allylic oxidation sites excluding steroid dienone is 2. The van der Waals surface area contributed by atoms with E-state index in [1.165, 1.54) is 75.5 Å². The quantitative estimate of drug-likeness (QED) is 0.0584. The van der Waals surface area contributed by atoms with Crippen LogP contribution < -0.4 is 5.32 Å². The number of nitrogens with zero attached hydrogens (tertiary/aromatic N) is 1. The monoisotopic (exact) mass is 658 g/mol. The summed E-state index contributed by atoms with van der Waals surface area (Å²) in [5, 5.41) is 20.8. The first kappa shape index (κ1) is 41.8. The van der Waals surface area contributed by atoms with Crippen molar-refractivity contribution >= 4 is 23.8 Å². The van der Waals surface area contributed by atoms with Gasteiger partial charge in [-0.05, 0) is 77.2 Å². The van der Waals surface area contributed by atoms with Crippen LogP contribution in [0.3, 0.4) is 0 Å². The summed E-state index contributed by atoms with van der Waals surface area (Å²) in [5.41, 5.74) is 1.10. The number of unbranched alkanes of at least 4 members (excludes halogenated alkanes) is 11. The molecule has 3 N–H and O–H groups in total. The Morgan fingerprint density at radius 1 is 0.894 bits per heavy atom. The van der Waals surface area contributed by atoms with Gasteiger partial charge in [0.05, 0.1) is 12.6 Å². The lowest BCUT2D eigenvalue weighted by Gasteiger charge is -2.27. The molecule has 1 aromatic carbocycles. The molecule has 0 radical (unpaired) electrons. The smallest absolute Gasteiger partial charge is 0.326 e. The Labute approximate surface area is 283 Å². The van der Waals surface area contributed by atoms with Crippen molar-refractivity contribution in [3.05, 3.63) is 48.0 Å². The van der Waals surface area contributed by atoms with E-state index in [1.54, 1.807) is 13.8 Å². The van der Waals surface area contributed by atoms with E-state index in [2.05, 4.69) is 24.4 Å². The topological polar surface area (TPSA) is 133 Å². The highest BCUT2D eigenvalue weighted by Crippen LogP contribution is 2.19. The van der Waals surface area contributed by atoms with E-state index in [0.717, 1.165) is 18.4 Å². The summed E-state index contributed by atoms with van der Waals surface area (Å²) in [7, 11) is 0. The highest BCUT2D eigenvalue weighted by atomic mass is 16.5. The zero-order valence-corrected chi connectivity index (χ0v) is 29.3. The van der Waals surface area contributed by atoms with Crippen LogP contribution in [-0.2, 0) is 30.3 Å². The first-order valence-electron chi connectivity index (χ1n) is 18.1. The first-order valence-corrected chi connectivity index (χ1v) is 18.1. The van der Waals surface area contributed by atoms with E-state index in [-0.39, 0.29) is 12.5 Å². The minimum absolute atomic E-state index is 0.262. The summed E-state index contributed by atoms with van der Waals surface area (Å²) >= 11 is 0. The fourth-order valence-electron chi connectivity index (χ4n) is 5.72. The van der Waals surface area contributed by atoms with Gasteiger partial charge in [-0.1, -0.05) is 101 Å². The van der Waals surface area contributed by atoms with E-state index in [4.69, 9.17) is 9.84 Å². The Kier molecular flexibility index (Phi) is 23.9. The summed E-state index contributed by atoms with van der Waals surface area (Å²) in [6, 6.07) is 7.69. The summed E-state index contributed by atoms with van der Waals surface area (Å²) in [5.74, 6) is -2.35. The molecule has 1 saturated heterocycles. The number of aliphatic carboxylic acids is 2. The van der Waals surface area contributed by atoms with E-state index in [0.29, 0.717) is 38.6 Å². The number of amides is 1. The van der Waals surface area contributed by atoms with E-state index < -0.39 is 36.0 Å². The average molecular weight is 659 g/mol. The highest BCUT2D eigenvalue weighted by molar-refractivity contribution is 5.88. The molecule has 0 bridgehead atoms. The second kappa shape index (κ2) is 26.8. The van der Waals surface area contributed by atoms with Crippen molar-refractivity contribution in [2.24, 2.45) is 0 Å². The fourth-order valence-corrected chi connectivity index (χ4v) is 5.72. The van der Waals surface area contributed by atoms with Crippen molar-refractivity contribution < 1.29 is 34.1 Å². The molecule has 1 heterocycles. The molecule has 3 atom stereocenters. The number of rotatable bonds is 24. The molecule has 0 unspecified atom stereocenters. The Balaban J connectivity index is 0.000000494. The van der Waals surface area contributed by atoms with E-state index >= 15 is 0 Å². The minimum Gasteiger partial charge on any atom is -0.481 e. The van der Waals surface area contributed by atoms with Crippen LogP contribution in [-0.4, -0.2) is 70.2 Å². The van der Waals surface area contributed by atoms with Crippen molar-refractivity contribution in [1.82, 2.24) is 10.2 Å². The molecule has 47 heavy (non-hydrogen) atoms. The molecule has 2 rings (SSSR count). The number of hydrogen-bond acceptors (Lipinski definition) is 6. The van der Waals surface area contributed by atoms with Crippen molar-refractivity contribution in [2.75, 3.05) is 13.2 Å². The Hall–Kier alpha value is -3.20. The van der Waals surface area contributed by atoms with Crippen LogP contribution in [0.15, 0.2) is 42.5 Å². The van der Waals surface area contributed by atoms with Gasteiger partial charge < -0.3 is 19.8 Å². The molecular formula is C38H62N2O7. The largest absolute Gasteiger partial charge is 0.481 e. The number of esters is 1. The van der Waals surface area contributed by atoms with Crippen LogP contribution in [0, 0.1) is 0 Å². The molecule has 1 aromatic rings. The lowest BCUT2D eigenvalue weighted by atomic mass is 10.0. The van der Waals surface area contributed by atoms with Gasteiger partial charge >= 0.3 is 17.9 Å². The van der Waals surface area contributed by atoms with Crippen LogP contribution in [0.1, 0.15) is 135 Å². The summed E-state index contributed by atoms with van der Waals surface area (Å²) in [6.45, 7) is 6.35. The number of carboxylic acids is 2. The van der Waals surface area contributed by atoms with Gasteiger partial charge in [0.1, 0.15) is 12.1 Å². The zero-order valence-electron chi connectivity index (χ0n) is 29.3.